The van der Waals surface area contributed by atoms with Crippen LogP contribution in [0.4, 0.5) is 5.95 Å². The lowest BCUT2D eigenvalue weighted by Gasteiger charge is -2.20. The predicted molar refractivity (Wildman–Crippen MR) is 70.3 cm³/mol. The van der Waals surface area contributed by atoms with Gasteiger partial charge in [-0.05, 0) is 39.0 Å². The molecule has 1 unspecified atom stereocenters. The van der Waals surface area contributed by atoms with Gasteiger partial charge in [-0.25, -0.2) is 0 Å². The minimum atomic E-state index is 0.178. The zero-order chi connectivity index (χ0) is 13.1. The van der Waals surface area contributed by atoms with Crippen molar-refractivity contribution in [3.63, 3.8) is 0 Å². The number of nitrogens with zero attached hydrogens (tertiary/aromatic N) is 5. The van der Waals surface area contributed by atoms with Gasteiger partial charge >= 0.3 is 6.01 Å². The molecular formula is C11H18ClN5O. The van der Waals surface area contributed by atoms with Gasteiger partial charge in [0.05, 0.1) is 6.61 Å². The van der Waals surface area contributed by atoms with Gasteiger partial charge in [0.1, 0.15) is 0 Å². The topological polar surface area (TPSA) is 54.4 Å². The first-order valence-electron chi connectivity index (χ1n) is 6.06. The number of hydrogen-bond acceptors (Lipinski definition) is 6. The summed E-state index contributed by atoms with van der Waals surface area (Å²) in [4.78, 5) is 16.7. The number of anilines is 1. The smallest absolute Gasteiger partial charge is 0.322 e. The first-order valence-corrected chi connectivity index (χ1v) is 6.43. The third-order valence-corrected chi connectivity index (χ3v) is 3.19. The summed E-state index contributed by atoms with van der Waals surface area (Å²) in [6, 6.07) is 0.817. The third-order valence-electron chi connectivity index (χ3n) is 3.03. The molecule has 6 nitrogen and oxygen atoms in total. The molecule has 2 rings (SSSR count). The summed E-state index contributed by atoms with van der Waals surface area (Å²) in [5, 5.41) is 0.178. The van der Waals surface area contributed by atoms with Crippen LogP contribution in [0.3, 0.4) is 0 Å². The molecule has 0 aromatic carbocycles. The normalized spacial score (nSPS) is 19.6. The lowest BCUT2D eigenvalue weighted by Crippen LogP contribution is -2.32. The Morgan fingerprint density at radius 3 is 2.78 bits per heavy atom. The Labute approximate surface area is 112 Å². The molecule has 1 fully saturated rings. The molecule has 0 N–H and O–H groups in total. The Morgan fingerprint density at radius 1 is 1.39 bits per heavy atom. The monoisotopic (exact) mass is 271 g/mol. The molecule has 1 aliphatic heterocycles. The van der Waals surface area contributed by atoms with E-state index < -0.39 is 0 Å². The highest BCUT2D eigenvalue weighted by Gasteiger charge is 2.26. The second-order valence-corrected chi connectivity index (χ2v) is 4.81. The summed E-state index contributed by atoms with van der Waals surface area (Å²) in [5.74, 6) is 0.600. The quantitative estimate of drug-likeness (QED) is 0.816. The molecule has 0 bridgehead atoms. The summed E-state index contributed by atoms with van der Waals surface area (Å²) in [7, 11) is 4.17. The fourth-order valence-electron chi connectivity index (χ4n) is 2.00. The van der Waals surface area contributed by atoms with Gasteiger partial charge in [0.2, 0.25) is 11.2 Å². The van der Waals surface area contributed by atoms with Gasteiger partial charge in [0.15, 0.2) is 0 Å². The van der Waals surface area contributed by atoms with Crippen LogP contribution < -0.4 is 9.64 Å². The maximum absolute atomic E-state index is 5.88. The van der Waals surface area contributed by atoms with Gasteiger partial charge in [-0.15, -0.1) is 0 Å². The molecule has 18 heavy (non-hydrogen) atoms. The highest BCUT2D eigenvalue weighted by molar-refractivity contribution is 6.28. The minimum Gasteiger partial charge on any atom is -0.464 e. The summed E-state index contributed by atoms with van der Waals surface area (Å²) < 4.78 is 5.28. The van der Waals surface area contributed by atoms with E-state index in [2.05, 4.69) is 38.8 Å². The van der Waals surface area contributed by atoms with Crippen LogP contribution in [0.1, 0.15) is 13.3 Å². The minimum absolute atomic E-state index is 0.178. The van der Waals surface area contributed by atoms with Gasteiger partial charge in [-0.3, -0.25) is 0 Å². The van der Waals surface area contributed by atoms with Crippen LogP contribution in [-0.2, 0) is 0 Å². The van der Waals surface area contributed by atoms with E-state index in [1.165, 1.54) is 0 Å². The van der Waals surface area contributed by atoms with Crippen LogP contribution in [0.25, 0.3) is 0 Å². The van der Waals surface area contributed by atoms with Gasteiger partial charge in [0.25, 0.3) is 0 Å². The molecular weight excluding hydrogens is 254 g/mol. The van der Waals surface area contributed by atoms with Crippen LogP contribution in [0.15, 0.2) is 0 Å². The Morgan fingerprint density at radius 2 is 2.17 bits per heavy atom. The highest BCUT2D eigenvalue weighted by atomic mass is 35.5. The number of likely N-dealkylation sites (N-methyl/N-ethyl adjacent to an activating group) is 1. The molecule has 0 spiro atoms. The van der Waals surface area contributed by atoms with Crippen LogP contribution in [0.2, 0.25) is 5.28 Å². The molecule has 0 saturated carbocycles. The van der Waals surface area contributed by atoms with Gasteiger partial charge in [0, 0.05) is 19.1 Å². The first-order chi connectivity index (χ1) is 8.60. The van der Waals surface area contributed by atoms with Gasteiger partial charge < -0.3 is 14.5 Å². The van der Waals surface area contributed by atoms with Crippen molar-refractivity contribution in [1.29, 1.82) is 0 Å². The van der Waals surface area contributed by atoms with Crippen molar-refractivity contribution in [2.75, 3.05) is 38.7 Å². The van der Waals surface area contributed by atoms with Crippen molar-refractivity contribution in [2.45, 2.75) is 19.4 Å². The molecule has 0 aliphatic carbocycles. The third kappa shape index (κ3) is 3.00. The van der Waals surface area contributed by atoms with Crippen molar-refractivity contribution >= 4 is 17.5 Å². The van der Waals surface area contributed by atoms with E-state index >= 15 is 0 Å². The van der Waals surface area contributed by atoms with E-state index in [-0.39, 0.29) is 5.28 Å². The SMILES string of the molecule is CCOc1nc(Cl)nc(N2CCC(N(C)C)C2)n1. The van der Waals surface area contributed by atoms with E-state index in [0.29, 0.717) is 24.6 Å². The fourth-order valence-corrected chi connectivity index (χ4v) is 2.15. The lowest BCUT2D eigenvalue weighted by molar-refractivity contribution is 0.310. The molecule has 1 atom stereocenters. The number of aromatic nitrogens is 3. The molecule has 0 amide bonds. The number of halogens is 1. The molecule has 7 heteroatoms. The molecule has 0 radical (unpaired) electrons. The van der Waals surface area contributed by atoms with Crippen LogP contribution in [0.5, 0.6) is 6.01 Å². The first kappa shape index (κ1) is 13.3. The predicted octanol–water partition coefficient (Wildman–Crippen LogP) is 1.06. The Balaban J connectivity index is 2.13. The number of ether oxygens (including phenoxy) is 1. The van der Waals surface area contributed by atoms with Gasteiger partial charge in [-0.2, -0.15) is 15.0 Å². The summed E-state index contributed by atoms with van der Waals surface area (Å²) in [6.07, 6.45) is 1.10. The molecule has 100 valence electrons. The Bertz CT molecular complexity index is 414. The summed E-state index contributed by atoms with van der Waals surface area (Å²) in [5.41, 5.74) is 0. The number of rotatable bonds is 4. The molecule has 1 saturated heterocycles. The second kappa shape index (κ2) is 5.67. The molecule has 1 aromatic heterocycles. The van der Waals surface area contributed by atoms with Crippen LogP contribution >= 0.6 is 11.6 Å². The standard InChI is InChI=1S/C11H18ClN5O/c1-4-18-11-14-9(12)13-10(15-11)17-6-5-8(7-17)16(2)3/h8H,4-7H2,1-3H3. The molecule has 2 heterocycles. The molecule has 1 aliphatic rings. The highest BCUT2D eigenvalue weighted by Crippen LogP contribution is 2.21. The average molecular weight is 272 g/mol. The van der Waals surface area contributed by atoms with E-state index in [0.717, 1.165) is 19.5 Å². The van der Waals surface area contributed by atoms with Crippen molar-refractivity contribution in [3.05, 3.63) is 5.28 Å². The van der Waals surface area contributed by atoms with Crippen molar-refractivity contribution in [1.82, 2.24) is 19.9 Å². The Hall–Kier alpha value is -1.14. The van der Waals surface area contributed by atoms with E-state index in [4.69, 9.17) is 16.3 Å². The van der Waals surface area contributed by atoms with Crippen molar-refractivity contribution < 1.29 is 4.74 Å². The zero-order valence-corrected chi connectivity index (χ0v) is 11.7. The number of hydrogen-bond donors (Lipinski definition) is 0. The fraction of sp³-hybridized carbons (Fsp3) is 0.727. The van der Waals surface area contributed by atoms with Crippen molar-refractivity contribution in [3.8, 4) is 6.01 Å². The average Bonchev–Trinajstić information content (AvgIpc) is 2.78. The summed E-state index contributed by atoms with van der Waals surface area (Å²) in [6.45, 7) is 4.23. The Kier molecular flexibility index (Phi) is 4.19. The largest absolute Gasteiger partial charge is 0.464 e. The van der Waals surface area contributed by atoms with Crippen LogP contribution in [0, 0.1) is 0 Å². The second-order valence-electron chi connectivity index (χ2n) is 4.47. The maximum Gasteiger partial charge on any atom is 0.322 e. The molecule has 1 aromatic rings. The van der Waals surface area contributed by atoms with Crippen molar-refractivity contribution in [2.24, 2.45) is 0 Å². The maximum atomic E-state index is 5.88. The van der Waals surface area contributed by atoms with Gasteiger partial charge in [-0.1, -0.05) is 0 Å². The van der Waals surface area contributed by atoms with E-state index in [9.17, 15) is 0 Å². The summed E-state index contributed by atoms with van der Waals surface area (Å²) >= 11 is 5.88. The van der Waals surface area contributed by atoms with E-state index in [1.54, 1.807) is 0 Å². The zero-order valence-electron chi connectivity index (χ0n) is 10.9. The van der Waals surface area contributed by atoms with Crippen LogP contribution in [-0.4, -0.2) is 59.7 Å². The lowest BCUT2D eigenvalue weighted by atomic mass is 10.2. The van der Waals surface area contributed by atoms with E-state index in [1.807, 2.05) is 6.92 Å².